The third-order valence-corrected chi connectivity index (χ3v) is 4.05. The minimum atomic E-state index is -1.51. The molecule has 0 fully saturated rings. The molecule has 29 heavy (non-hydrogen) atoms. The zero-order chi connectivity index (χ0) is 22.9. The Balaban J connectivity index is 5.28. The van der Waals surface area contributed by atoms with E-state index in [1.54, 1.807) is 13.8 Å². The first-order valence-corrected chi connectivity index (χ1v) is 9.37. The van der Waals surface area contributed by atoms with Crippen molar-refractivity contribution >= 4 is 29.7 Å². The first-order chi connectivity index (χ1) is 13.3. The van der Waals surface area contributed by atoms with Crippen molar-refractivity contribution in [3.05, 3.63) is 0 Å². The molecule has 0 saturated heterocycles. The van der Waals surface area contributed by atoms with E-state index in [4.69, 9.17) is 15.9 Å². The fourth-order valence-corrected chi connectivity index (χ4v) is 2.43. The summed E-state index contributed by atoms with van der Waals surface area (Å²) >= 11 is 0. The Morgan fingerprint density at radius 1 is 0.828 bits per heavy atom. The van der Waals surface area contributed by atoms with E-state index in [9.17, 15) is 24.0 Å². The lowest BCUT2D eigenvalue weighted by molar-refractivity contribution is -0.143. The van der Waals surface area contributed by atoms with Crippen LogP contribution in [0.1, 0.15) is 47.5 Å². The van der Waals surface area contributed by atoms with Crippen LogP contribution in [0.5, 0.6) is 0 Å². The molecule has 4 atom stereocenters. The van der Waals surface area contributed by atoms with E-state index in [1.165, 1.54) is 6.92 Å². The summed E-state index contributed by atoms with van der Waals surface area (Å²) in [5, 5.41) is 24.8. The third kappa shape index (κ3) is 9.88. The summed E-state index contributed by atoms with van der Waals surface area (Å²) in [5.41, 5.74) is 5.82. The second kappa shape index (κ2) is 12.0. The Morgan fingerprint density at radius 3 is 1.79 bits per heavy atom. The highest BCUT2D eigenvalue weighted by Gasteiger charge is 2.32. The molecule has 0 bridgehead atoms. The van der Waals surface area contributed by atoms with Crippen molar-refractivity contribution in [2.45, 2.75) is 71.6 Å². The maximum Gasteiger partial charge on any atom is 0.325 e. The summed E-state index contributed by atoms with van der Waals surface area (Å²) in [7, 11) is 0. The van der Waals surface area contributed by atoms with Gasteiger partial charge in [0.15, 0.2) is 0 Å². The molecular weight excluding hydrogens is 384 g/mol. The lowest BCUT2D eigenvalue weighted by Gasteiger charge is -2.26. The van der Waals surface area contributed by atoms with Gasteiger partial charge >= 0.3 is 11.9 Å². The molecule has 0 aliphatic heterocycles. The number of amides is 3. The predicted octanol–water partition coefficient (Wildman–Crippen LogP) is -0.951. The lowest BCUT2D eigenvalue weighted by atomic mass is 10.00. The molecule has 11 nitrogen and oxygen atoms in total. The molecule has 7 N–H and O–H groups in total. The highest BCUT2D eigenvalue weighted by molar-refractivity contribution is 5.95. The van der Waals surface area contributed by atoms with Crippen LogP contribution in [0.4, 0.5) is 0 Å². The van der Waals surface area contributed by atoms with E-state index in [0.29, 0.717) is 6.42 Å². The molecule has 0 saturated carbocycles. The van der Waals surface area contributed by atoms with E-state index in [2.05, 4.69) is 16.0 Å². The number of nitrogens with one attached hydrogen (secondary N) is 3. The van der Waals surface area contributed by atoms with Gasteiger partial charge < -0.3 is 31.9 Å². The molecule has 0 radical (unpaired) electrons. The summed E-state index contributed by atoms with van der Waals surface area (Å²) in [4.78, 5) is 59.0. The topological polar surface area (TPSA) is 188 Å². The zero-order valence-corrected chi connectivity index (χ0v) is 17.4. The van der Waals surface area contributed by atoms with Crippen LogP contribution in [0.3, 0.4) is 0 Å². The zero-order valence-electron chi connectivity index (χ0n) is 17.4. The Morgan fingerprint density at radius 2 is 1.38 bits per heavy atom. The summed E-state index contributed by atoms with van der Waals surface area (Å²) in [6.07, 6.45) is -0.342. The van der Waals surface area contributed by atoms with E-state index in [0.717, 1.165) is 0 Å². The van der Waals surface area contributed by atoms with Gasteiger partial charge in [-0.1, -0.05) is 27.7 Å². The first kappa shape index (κ1) is 26.3. The number of hydrogen-bond donors (Lipinski definition) is 6. The predicted molar refractivity (Wildman–Crippen MR) is 104 cm³/mol. The Hall–Kier alpha value is -2.69. The number of nitrogens with two attached hydrogens (primary N) is 1. The molecular formula is C18H32N4O7. The van der Waals surface area contributed by atoms with Crippen LogP contribution in [0.15, 0.2) is 0 Å². The van der Waals surface area contributed by atoms with Gasteiger partial charge in [0.05, 0.1) is 12.5 Å². The molecule has 0 aliphatic rings. The molecule has 11 heteroatoms. The van der Waals surface area contributed by atoms with Crippen molar-refractivity contribution in [1.29, 1.82) is 0 Å². The normalized spacial score (nSPS) is 15.2. The van der Waals surface area contributed by atoms with Gasteiger partial charge in [-0.3, -0.25) is 24.0 Å². The van der Waals surface area contributed by atoms with Crippen LogP contribution >= 0.6 is 0 Å². The van der Waals surface area contributed by atoms with Crippen molar-refractivity contribution in [2.24, 2.45) is 17.6 Å². The molecule has 0 spiro atoms. The molecule has 0 rings (SSSR count). The van der Waals surface area contributed by atoms with Crippen LogP contribution in [0.25, 0.3) is 0 Å². The largest absolute Gasteiger partial charge is 0.481 e. The molecule has 3 amide bonds. The van der Waals surface area contributed by atoms with Gasteiger partial charge in [-0.05, 0) is 25.2 Å². The van der Waals surface area contributed by atoms with Gasteiger partial charge in [-0.2, -0.15) is 0 Å². The highest BCUT2D eigenvalue weighted by atomic mass is 16.4. The van der Waals surface area contributed by atoms with Crippen LogP contribution in [0.2, 0.25) is 0 Å². The highest BCUT2D eigenvalue weighted by Crippen LogP contribution is 2.07. The van der Waals surface area contributed by atoms with E-state index in [1.807, 2.05) is 13.8 Å². The quantitative estimate of drug-likeness (QED) is 0.235. The van der Waals surface area contributed by atoms with Crippen LogP contribution in [-0.4, -0.2) is 64.0 Å². The van der Waals surface area contributed by atoms with Gasteiger partial charge in [0.1, 0.15) is 18.1 Å². The van der Waals surface area contributed by atoms with Crippen molar-refractivity contribution in [3.63, 3.8) is 0 Å². The monoisotopic (exact) mass is 416 g/mol. The second-order valence-corrected chi connectivity index (χ2v) is 7.69. The van der Waals surface area contributed by atoms with Gasteiger partial charge in [0.25, 0.3) is 0 Å². The van der Waals surface area contributed by atoms with Crippen LogP contribution in [-0.2, 0) is 24.0 Å². The minimum Gasteiger partial charge on any atom is -0.481 e. The number of rotatable bonds is 12. The van der Waals surface area contributed by atoms with Gasteiger partial charge in [-0.25, -0.2) is 0 Å². The van der Waals surface area contributed by atoms with E-state index in [-0.39, 0.29) is 11.8 Å². The number of carboxylic acid groups (broad SMARTS) is 2. The fourth-order valence-electron chi connectivity index (χ4n) is 2.43. The Labute approximate surface area is 169 Å². The van der Waals surface area contributed by atoms with Crippen molar-refractivity contribution in [1.82, 2.24) is 16.0 Å². The van der Waals surface area contributed by atoms with Gasteiger partial charge in [0.2, 0.25) is 17.7 Å². The van der Waals surface area contributed by atoms with E-state index < -0.39 is 60.2 Å². The fraction of sp³-hybridized carbons (Fsp3) is 0.722. The summed E-state index contributed by atoms with van der Waals surface area (Å²) in [6, 6.07) is -4.66. The molecule has 0 aromatic rings. The number of carbonyl (C=O) groups is 5. The number of aliphatic carboxylic acids is 2. The third-order valence-electron chi connectivity index (χ3n) is 4.05. The molecule has 4 unspecified atom stereocenters. The molecule has 0 aliphatic carbocycles. The number of carboxylic acids is 2. The van der Waals surface area contributed by atoms with Gasteiger partial charge in [-0.15, -0.1) is 0 Å². The SMILES string of the molecule is CC(C)CC(N)C(=O)NC(C(=O)NC(CC(=O)O)C(=O)NC(C)C(=O)O)C(C)C. The lowest BCUT2D eigenvalue weighted by Crippen LogP contribution is -2.58. The maximum absolute atomic E-state index is 12.6. The first-order valence-electron chi connectivity index (χ1n) is 9.37. The molecule has 166 valence electrons. The maximum atomic E-state index is 12.6. The molecule has 0 aromatic heterocycles. The smallest absolute Gasteiger partial charge is 0.325 e. The Bertz CT molecular complexity index is 621. The minimum absolute atomic E-state index is 0.168. The van der Waals surface area contributed by atoms with Crippen LogP contribution < -0.4 is 21.7 Å². The van der Waals surface area contributed by atoms with Crippen LogP contribution in [0, 0.1) is 11.8 Å². The average Bonchev–Trinajstić information content (AvgIpc) is 2.56. The van der Waals surface area contributed by atoms with Crippen molar-refractivity contribution in [2.75, 3.05) is 0 Å². The van der Waals surface area contributed by atoms with Crippen molar-refractivity contribution < 1.29 is 34.2 Å². The molecule has 0 aromatic carbocycles. The van der Waals surface area contributed by atoms with E-state index >= 15 is 0 Å². The average molecular weight is 416 g/mol. The Kier molecular flexibility index (Phi) is 10.9. The summed E-state index contributed by atoms with van der Waals surface area (Å²) < 4.78 is 0. The number of carbonyl (C=O) groups excluding carboxylic acids is 3. The second-order valence-electron chi connectivity index (χ2n) is 7.69. The van der Waals surface area contributed by atoms with Crippen molar-refractivity contribution in [3.8, 4) is 0 Å². The summed E-state index contributed by atoms with van der Waals surface area (Å²) in [5.74, 6) is -5.15. The number of hydrogen-bond acceptors (Lipinski definition) is 6. The molecule has 0 heterocycles. The van der Waals surface area contributed by atoms with Gasteiger partial charge in [0, 0.05) is 0 Å². The standard InChI is InChI=1S/C18H32N4O7/c1-8(2)6-11(19)15(25)22-14(9(3)4)17(27)21-12(7-13(23)24)16(26)20-10(5)18(28)29/h8-12,14H,6-7,19H2,1-5H3,(H,20,26)(H,21,27)(H,22,25)(H,23,24)(H,28,29). The summed E-state index contributed by atoms with van der Waals surface area (Å²) in [6.45, 7) is 8.32.